The highest BCUT2D eigenvalue weighted by molar-refractivity contribution is 7.99. The molecule has 6 nitrogen and oxygen atoms in total. The number of piperazine rings is 1. The zero-order valence-electron chi connectivity index (χ0n) is 19.8. The molecule has 4 aromatic rings. The molecule has 0 saturated carbocycles. The van der Waals surface area contributed by atoms with Gasteiger partial charge in [-0.2, -0.15) is 0 Å². The Labute approximate surface area is 210 Å². The van der Waals surface area contributed by atoms with Crippen molar-refractivity contribution in [3.63, 3.8) is 0 Å². The summed E-state index contributed by atoms with van der Waals surface area (Å²) in [7, 11) is 0. The highest BCUT2D eigenvalue weighted by Crippen LogP contribution is 2.29. The summed E-state index contributed by atoms with van der Waals surface area (Å²) in [6, 6.07) is 29.7. The second kappa shape index (κ2) is 10.9. The lowest BCUT2D eigenvalue weighted by molar-refractivity contribution is -0.130. The first-order chi connectivity index (χ1) is 17.2. The van der Waals surface area contributed by atoms with Crippen LogP contribution in [-0.4, -0.2) is 62.4 Å². The van der Waals surface area contributed by atoms with Crippen molar-refractivity contribution in [1.82, 2.24) is 24.6 Å². The zero-order chi connectivity index (χ0) is 24.0. The van der Waals surface area contributed by atoms with Crippen LogP contribution in [0.25, 0.3) is 5.69 Å². The SMILES string of the molecule is Cc1ccc(-n2cnnc2SCC(=O)N2CCN(C(c3ccccc3)c3ccccc3)CC2)cc1. The van der Waals surface area contributed by atoms with Gasteiger partial charge in [-0.3, -0.25) is 14.3 Å². The minimum absolute atomic E-state index is 0.143. The number of aryl methyl sites for hydroxylation is 1. The van der Waals surface area contributed by atoms with Crippen LogP contribution in [0.4, 0.5) is 0 Å². The molecule has 2 heterocycles. The number of benzene rings is 3. The van der Waals surface area contributed by atoms with Crippen LogP contribution in [0.1, 0.15) is 22.7 Å². The third kappa shape index (κ3) is 5.47. The lowest BCUT2D eigenvalue weighted by Gasteiger charge is -2.39. The van der Waals surface area contributed by atoms with E-state index < -0.39 is 0 Å². The van der Waals surface area contributed by atoms with Crippen molar-refractivity contribution in [2.45, 2.75) is 18.1 Å². The molecule has 1 fully saturated rings. The third-order valence-corrected chi connectivity index (χ3v) is 7.34. The van der Waals surface area contributed by atoms with Gasteiger partial charge in [0.1, 0.15) is 6.33 Å². The van der Waals surface area contributed by atoms with Crippen molar-refractivity contribution in [1.29, 1.82) is 0 Å². The number of thioether (sulfide) groups is 1. The number of amides is 1. The van der Waals surface area contributed by atoms with Gasteiger partial charge < -0.3 is 4.90 Å². The van der Waals surface area contributed by atoms with E-state index in [-0.39, 0.29) is 11.9 Å². The minimum Gasteiger partial charge on any atom is -0.339 e. The summed E-state index contributed by atoms with van der Waals surface area (Å²) in [5, 5.41) is 9.02. The number of aromatic nitrogens is 3. The van der Waals surface area contributed by atoms with E-state index in [1.54, 1.807) is 6.33 Å². The molecule has 35 heavy (non-hydrogen) atoms. The van der Waals surface area contributed by atoms with Crippen LogP contribution in [0.15, 0.2) is 96.4 Å². The molecule has 0 bridgehead atoms. The number of rotatable bonds is 7. The summed E-state index contributed by atoms with van der Waals surface area (Å²) < 4.78 is 1.93. The first-order valence-electron chi connectivity index (χ1n) is 11.9. The van der Waals surface area contributed by atoms with Crippen molar-refractivity contribution in [2.75, 3.05) is 31.9 Å². The van der Waals surface area contributed by atoms with E-state index >= 15 is 0 Å². The highest BCUT2D eigenvalue weighted by atomic mass is 32.2. The lowest BCUT2D eigenvalue weighted by atomic mass is 9.96. The van der Waals surface area contributed by atoms with Crippen molar-refractivity contribution in [3.8, 4) is 5.69 Å². The maximum atomic E-state index is 13.0. The Balaban J connectivity index is 1.21. The van der Waals surface area contributed by atoms with Crippen LogP contribution in [0.2, 0.25) is 0 Å². The summed E-state index contributed by atoms with van der Waals surface area (Å²) in [6.07, 6.45) is 1.70. The van der Waals surface area contributed by atoms with Crippen molar-refractivity contribution < 1.29 is 4.79 Å². The molecular weight excluding hydrogens is 454 g/mol. The molecule has 1 aromatic heterocycles. The van der Waals surface area contributed by atoms with E-state index in [1.807, 2.05) is 21.6 Å². The molecule has 0 radical (unpaired) electrons. The Morgan fingerprint density at radius 1 is 0.857 bits per heavy atom. The van der Waals surface area contributed by atoms with E-state index in [9.17, 15) is 4.79 Å². The quantitative estimate of drug-likeness (QED) is 0.360. The van der Waals surface area contributed by atoms with Gasteiger partial charge in [0.25, 0.3) is 0 Å². The summed E-state index contributed by atoms with van der Waals surface area (Å²) in [4.78, 5) is 17.5. The fraction of sp³-hybridized carbons (Fsp3) is 0.250. The Morgan fingerprint density at radius 2 is 1.46 bits per heavy atom. The minimum atomic E-state index is 0.143. The Kier molecular flexibility index (Phi) is 7.25. The van der Waals surface area contributed by atoms with Gasteiger partial charge in [-0.15, -0.1) is 10.2 Å². The van der Waals surface area contributed by atoms with E-state index in [0.29, 0.717) is 5.75 Å². The molecule has 0 atom stereocenters. The van der Waals surface area contributed by atoms with E-state index in [0.717, 1.165) is 37.0 Å². The van der Waals surface area contributed by atoms with E-state index in [2.05, 4.69) is 94.8 Å². The summed E-state index contributed by atoms with van der Waals surface area (Å²) in [6.45, 7) is 5.18. The van der Waals surface area contributed by atoms with Crippen molar-refractivity contribution in [2.24, 2.45) is 0 Å². The molecule has 0 spiro atoms. The second-order valence-corrected chi connectivity index (χ2v) is 9.69. The fourth-order valence-corrected chi connectivity index (χ4v) is 5.37. The summed E-state index contributed by atoms with van der Waals surface area (Å²) in [5.74, 6) is 0.495. The molecule has 0 N–H and O–H groups in total. The number of carbonyl (C=O) groups is 1. The smallest absolute Gasteiger partial charge is 0.233 e. The predicted molar refractivity (Wildman–Crippen MR) is 140 cm³/mol. The molecule has 3 aromatic carbocycles. The topological polar surface area (TPSA) is 54.3 Å². The van der Waals surface area contributed by atoms with Crippen LogP contribution >= 0.6 is 11.8 Å². The highest BCUT2D eigenvalue weighted by Gasteiger charge is 2.28. The van der Waals surface area contributed by atoms with Crippen LogP contribution in [-0.2, 0) is 4.79 Å². The molecule has 1 aliphatic heterocycles. The first-order valence-corrected chi connectivity index (χ1v) is 12.9. The number of carbonyl (C=O) groups excluding carboxylic acids is 1. The molecule has 0 aliphatic carbocycles. The number of hydrogen-bond acceptors (Lipinski definition) is 5. The first kappa shape index (κ1) is 23.3. The van der Waals surface area contributed by atoms with Crippen molar-refractivity contribution in [3.05, 3.63) is 108 Å². The molecule has 1 saturated heterocycles. The molecule has 7 heteroatoms. The lowest BCUT2D eigenvalue weighted by Crippen LogP contribution is -2.50. The van der Waals surface area contributed by atoms with Gasteiger partial charge >= 0.3 is 0 Å². The van der Waals surface area contributed by atoms with Crippen LogP contribution < -0.4 is 0 Å². The molecule has 178 valence electrons. The van der Waals surface area contributed by atoms with Crippen molar-refractivity contribution >= 4 is 17.7 Å². The Morgan fingerprint density at radius 3 is 2.06 bits per heavy atom. The third-order valence-electron chi connectivity index (χ3n) is 6.42. The molecule has 1 aliphatic rings. The van der Waals surface area contributed by atoms with Gasteiger partial charge in [0.05, 0.1) is 11.8 Å². The Bertz CT molecular complexity index is 1200. The normalized spacial score (nSPS) is 14.4. The van der Waals surface area contributed by atoms with Gasteiger partial charge in [0, 0.05) is 31.9 Å². The van der Waals surface area contributed by atoms with Crippen LogP contribution in [0.3, 0.4) is 0 Å². The van der Waals surface area contributed by atoms with Crippen LogP contribution in [0, 0.1) is 6.92 Å². The molecule has 0 unspecified atom stereocenters. The number of hydrogen-bond donors (Lipinski definition) is 0. The fourth-order valence-electron chi connectivity index (χ4n) is 4.54. The summed E-state index contributed by atoms with van der Waals surface area (Å²) in [5.41, 5.74) is 4.76. The predicted octanol–water partition coefficient (Wildman–Crippen LogP) is 4.60. The average molecular weight is 484 g/mol. The molecule has 1 amide bonds. The maximum absolute atomic E-state index is 13.0. The van der Waals surface area contributed by atoms with Gasteiger partial charge in [-0.25, -0.2) is 0 Å². The van der Waals surface area contributed by atoms with Crippen LogP contribution in [0.5, 0.6) is 0 Å². The summed E-state index contributed by atoms with van der Waals surface area (Å²) >= 11 is 1.44. The van der Waals surface area contributed by atoms with E-state index in [4.69, 9.17) is 0 Å². The largest absolute Gasteiger partial charge is 0.339 e. The molecular formula is C28H29N5OS. The van der Waals surface area contributed by atoms with Gasteiger partial charge in [0.2, 0.25) is 5.91 Å². The average Bonchev–Trinajstić information content (AvgIpc) is 3.38. The number of nitrogens with zero attached hydrogens (tertiary/aromatic N) is 5. The second-order valence-electron chi connectivity index (χ2n) is 8.75. The maximum Gasteiger partial charge on any atom is 0.233 e. The molecule has 5 rings (SSSR count). The monoisotopic (exact) mass is 483 g/mol. The Hall–Kier alpha value is -3.42. The zero-order valence-corrected chi connectivity index (χ0v) is 20.6. The van der Waals surface area contributed by atoms with Gasteiger partial charge in [-0.1, -0.05) is 90.1 Å². The van der Waals surface area contributed by atoms with Gasteiger partial charge in [-0.05, 0) is 30.2 Å². The van der Waals surface area contributed by atoms with Gasteiger partial charge in [0.15, 0.2) is 5.16 Å². The standard InChI is InChI=1S/C28H29N5OS/c1-22-12-14-25(15-13-22)33-21-29-30-28(33)35-20-26(34)31-16-18-32(19-17-31)27(23-8-4-2-5-9-23)24-10-6-3-7-11-24/h2-15,21,27H,16-20H2,1H3. The van der Waals surface area contributed by atoms with E-state index in [1.165, 1.54) is 28.5 Å².